The summed E-state index contributed by atoms with van der Waals surface area (Å²) in [6, 6.07) is 1.58. The molecular weight excluding hydrogens is 196 g/mol. The van der Waals surface area contributed by atoms with Crippen LogP contribution in [0.25, 0.3) is 0 Å². The van der Waals surface area contributed by atoms with Crippen molar-refractivity contribution in [1.82, 2.24) is 10.2 Å². The SMILES string of the molecule is CCC(CCCN1CCCC1C(C)C)NC. The summed E-state index contributed by atoms with van der Waals surface area (Å²) < 4.78 is 0. The molecule has 0 bridgehead atoms. The topological polar surface area (TPSA) is 15.3 Å². The van der Waals surface area contributed by atoms with E-state index in [1.54, 1.807) is 0 Å². The van der Waals surface area contributed by atoms with Gasteiger partial charge in [0.25, 0.3) is 0 Å². The second kappa shape index (κ2) is 7.29. The Balaban J connectivity index is 2.21. The van der Waals surface area contributed by atoms with Crippen molar-refractivity contribution in [1.29, 1.82) is 0 Å². The maximum absolute atomic E-state index is 3.39. The molecule has 1 N–H and O–H groups in total. The summed E-state index contributed by atoms with van der Waals surface area (Å²) in [5.74, 6) is 0.828. The highest BCUT2D eigenvalue weighted by Crippen LogP contribution is 2.23. The van der Waals surface area contributed by atoms with Crippen LogP contribution in [0.15, 0.2) is 0 Å². The second-order valence-electron chi connectivity index (χ2n) is 5.53. The van der Waals surface area contributed by atoms with Crippen LogP contribution in [-0.4, -0.2) is 37.1 Å². The molecule has 0 amide bonds. The molecule has 0 radical (unpaired) electrons. The van der Waals surface area contributed by atoms with Gasteiger partial charge in [-0.25, -0.2) is 0 Å². The number of rotatable bonds is 7. The third-order valence-corrected chi connectivity index (χ3v) is 4.08. The van der Waals surface area contributed by atoms with E-state index in [9.17, 15) is 0 Å². The van der Waals surface area contributed by atoms with Crippen molar-refractivity contribution in [2.75, 3.05) is 20.1 Å². The number of nitrogens with zero attached hydrogens (tertiary/aromatic N) is 1. The zero-order chi connectivity index (χ0) is 12.0. The first-order valence-corrected chi connectivity index (χ1v) is 7.10. The van der Waals surface area contributed by atoms with Crippen LogP contribution in [-0.2, 0) is 0 Å². The summed E-state index contributed by atoms with van der Waals surface area (Å²) >= 11 is 0. The van der Waals surface area contributed by atoms with Gasteiger partial charge in [-0.3, -0.25) is 0 Å². The van der Waals surface area contributed by atoms with Crippen molar-refractivity contribution in [3.8, 4) is 0 Å². The minimum Gasteiger partial charge on any atom is -0.317 e. The van der Waals surface area contributed by atoms with Gasteiger partial charge in [-0.2, -0.15) is 0 Å². The van der Waals surface area contributed by atoms with Crippen molar-refractivity contribution in [2.24, 2.45) is 5.92 Å². The van der Waals surface area contributed by atoms with Crippen LogP contribution in [0.3, 0.4) is 0 Å². The van der Waals surface area contributed by atoms with Crippen LogP contribution in [0.5, 0.6) is 0 Å². The first-order chi connectivity index (χ1) is 7.69. The number of likely N-dealkylation sites (tertiary alicyclic amines) is 1. The Morgan fingerprint density at radius 1 is 1.38 bits per heavy atom. The Bertz CT molecular complexity index is 176. The third kappa shape index (κ3) is 4.06. The molecule has 96 valence electrons. The molecule has 2 heteroatoms. The van der Waals surface area contributed by atoms with Gasteiger partial charge in [0.1, 0.15) is 0 Å². The minimum absolute atomic E-state index is 0.722. The number of hydrogen-bond donors (Lipinski definition) is 1. The van der Waals surface area contributed by atoms with Gasteiger partial charge in [0.2, 0.25) is 0 Å². The molecule has 1 heterocycles. The Morgan fingerprint density at radius 3 is 2.69 bits per heavy atom. The average Bonchev–Trinajstić information content (AvgIpc) is 2.72. The molecule has 16 heavy (non-hydrogen) atoms. The molecule has 0 aromatic rings. The van der Waals surface area contributed by atoms with Gasteiger partial charge in [-0.1, -0.05) is 20.8 Å². The second-order valence-corrected chi connectivity index (χ2v) is 5.53. The maximum Gasteiger partial charge on any atom is 0.0119 e. The van der Waals surface area contributed by atoms with Crippen LogP contribution in [0.4, 0.5) is 0 Å². The molecular formula is C14H30N2. The van der Waals surface area contributed by atoms with Gasteiger partial charge in [0.05, 0.1) is 0 Å². The van der Waals surface area contributed by atoms with Gasteiger partial charge in [-0.15, -0.1) is 0 Å². The lowest BCUT2D eigenvalue weighted by molar-refractivity contribution is 0.200. The largest absolute Gasteiger partial charge is 0.317 e. The van der Waals surface area contributed by atoms with Crippen LogP contribution in [0.1, 0.15) is 52.9 Å². The molecule has 0 spiro atoms. The molecule has 0 aromatic carbocycles. The molecule has 0 aromatic heterocycles. The summed E-state index contributed by atoms with van der Waals surface area (Å²) in [5.41, 5.74) is 0. The molecule has 2 atom stereocenters. The van der Waals surface area contributed by atoms with Gasteiger partial charge >= 0.3 is 0 Å². The quantitative estimate of drug-likeness (QED) is 0.718. The smallest absolute Gasteiger partial charge is 0.0119 e. The van der Waals surface area contributed by atoms with E-state index < -0.39 is 0 Å². The van der Waals surface area contributed by atoms with Crippen LogP contribution >= 0.6 is 0 Å². The highest BCUT2D eigenvalue weighted by atomic mass is 15.2. The molecule has 1 fully saturated rings. The zero-order valence-electron chi connectivity index (χ0n) is 11.6. The Hall–Kier alpha value is -0.0800. The van der Waals surface area contributed by atoms with Gasteiger partial charge in [-0.05, 0) is 58.2 Å². The van der Waals surface area contributed by atoms with Gasteiger partial charge < -0.3 is 10.2 Å². The van der Waals surface area contributed by atoms with Crippen molar-refractivity contribution in [2.45, 2.75) is 65.0 Å². The van der Waals surface area contributed by atoms with E-state index in [2.05, 4.69) is 38.0 Å². The number of nitrogens with one attached hydrogen (secondary N) is 1. The highest BCUT2D eigenvalue weighted by molar-refractivity contribution is 4.81. The lowest BCUT2D eigenvalue weighted by Crippen LogP contribution is -2.35. The van der Waals surface area contributed by atoms with Crippen molar-refractivity contribution < 1.29 is 0 Å². The summed E-state index contributed by atoms with van der Waals surface area (Å²) in [6.07, 6.45) is 6.76. The predicted molar refractivity (Wildman–Crippen MR) is 71.8 cm³/mol. The first kappa shape index (κ1) is 14.0. The predicted octanol–water partition coefficient (Wildman–Crippen LogP) is 2.89. The lowest BCUT2D eigenvalue weighted by atomic mass is 10.0. The molecule has 1 saturated heterocycles. The van der Waals surface area contributed by atoms with Crippen LogP contribution < -0.4 is 5.32 Å². The van der Waals surface area contributed by atoms with E-state index in [4.69, 9.17) is 0 Å². The van der Waals surface area contributed by atoms with Gasteiger partial charge in [0, 0.05) is 12.1 Å². The Labute approximate surface area is 102 Å². The lowest BCUT2D eigenvalue weighted by Gasteiger charge is -2.28. The molecule has 2 unspecified atom stereocenters. The maximum atomic E-state index is 3.39. The fraction of sp³-hybridized carbons (Fsp3) is 1.00. The molecule has 0 aliphatic carbocycles. The van der Waals surface area contributed by atoms with Crippen molar-refractivity contribution in [3.05, 3.63) is 0 Å². The van der Waals surface area contributed by atoms with E-state index in [1.165, 1.54) is 45.2 Å². The normalized spacial score (nSPS) is 24.2. The monoisotopic (exact) mass is 226 g/mol. The summed E-state index contributed by atoms with van der Waals surface area (Å²) in [6.45, 7) is 9.64. The summed E-state index contributed by atoms with van der Waals surface area (Å²) in [7, 11) is 2.08. The van der Waals surface area contributed by atoms with E-state index in [-0.39, 0.29) is 0 Å². The first-order valence-electron chi connectivity index (χ1n) is 7.10. The van der Waals surface area contributed by atoms with Crippen LogP contribution in [0, 0.1) is 5.92 Å². The van der Waals surface area contributed by atoms with E-state index >= 15 is 0 Å². The van der Waals surface area contributed by atoms with Gasteiger partial charge in [0.15, 0.2) is 0 Å². The fourth-order valence-electron chi connectivity index (χ4n) is 2.98. The third-order valence-electron chi connectivity index (χ3n) is 4.08. The van der Waals surface area contributed by atoms with Crippen LogP contribution in [0.2, 0.25) is 0 Å². The highest BCUT2D eigenvalue weighted by Gasteiger charge is 2.26. The molecule has 1 rings (SSSR count). The molecule has 1 aliphatic heterocycles. The van der Waals surface area contributed by atoms with E-state index in [0.717, 1.165) is 18.0 Å². The molecule has 2 nitrogen and oxygen atoms in total. The van der Waals surface area contributed by atoms with Crippen molar-refractivity contribution >= 4 is 0 Å². The minimum atomic E-state index is 0.722. The number of hydrogen-bond acceptors (Lipinski definition) is 2. The molecule has 1 aliphatic rings. The molecule has 0 saturated carbocycles. The standard InChI is InChI=1S/C14H30N2/c1-5-13(15-4)8-6-10-16-11-7-9-14(16)12(2)3/h12-15H,5-11H2,1-4H3. The summed E-state index contributed by atoms with van der Waals surface area (Å²) in [4.78, 5) is 2.72. The Morgan fingerprint density at radius 2 is 2.12 bits per heavy atom. The summed E-state index contributed by atoms with van der Waals surface area (Å²) in [5, 5.41) is 3.39. The Kier molecular flexibility index (Phi) is 6.37. The van der Waals surface area contributed by atoms with Crippen molar-refractivity contribution in [3.63, 3.8) is 0 Å². The van der Waals surface area contributed by atoms with E-state index in [0.29, 0.717) is 0 Å². The average molecular weight is 226 g/mol. The van der Waals surface area contributed by atoms with E-state index in [1.807, 2.05) is 0 Å². The zero-order valence-corrected chi connectivity index (χ0v) is 11.6. The fourth-order valence-corrected chi connectivity index (χ4v) is 2.98.